The molecule has 0 unspecified atom stereocenters. The summed E-state index contributed by atoms with van der Waals surface area (Å²) in [4.78, 5) is 13.1. The van der Waals surface area contributed by atoms with Gasteiger partial charge in [0.2, 0.25) is 6.29 Å². The van der Waals surface area contributed by atoms with E-state index >= 15 is 0 Å². The SMILES string of the molecule is NC[C@@H]1O[C@H](O[C@H]2[C@@H](O)[C@H](O[C@@H]3[C@@H](O)[C@H](NC(=O)C4(O)CC(N)C4)C[C@H](N)[C@H]3O[C@H]3OC(CNCCO)=CC[C@H]3N)O[C@@H]2CO)[C@H](N)[C@@H](O)[C@@H]1O. The third-order valence-corrected chi connectivity index (χ3v) is 10.1. The van der Waals surface area contributed by atoms with Gasteiger partial charge >= 0.3 is 0 Å². The van der Waals surface area contributed by atoms with Gasteiger partial charge in [-0.25, -0.2) is 0 Å². The summed E-state index contributed by atoms with van der Waals surface area (Å²) in [5.41, 5.74) is 28.7. The summed E-state index contributed by atoms with van der Waals surface area (Å²) in [6.45, 7) is -0.348. The number of hydrogen-bond acceptors (Lipinski definition) is 20. The van der Waals surface area contributed by atoms with E-state index in [4.69, 9.17) is 62.2 Å². The average Bonchev–Trinajstić information content (AvgIpc) is 3.38. The Bertz CT molecular complexity index is 1190. The van der Waals surface area contributed by atoms with Gasteiger partial charge in [-0.05, 0) is 18.9 Å². The zero-order valence-electron chi connectivity index (χ0n) is 28.1. The Morgan fingerprint density at radius 3 is 2.18 bits per heavy atom. The van der Waals surface area contributed by atoms with E-state index in [9.17, 15) is 35.4 Å². The van der Waals surface area contributed by atoms with Crippen LogP contribution in [0.3, 0.4) is 0 Å². The maximum Gasteiger partial charge on any atom is 0.252 e. The summed E-state index contributed by atoms with van der Waals surface area (Å²) in [6.07, 6.45) is -14.2. The van der Waals surface area contributed by atoms with E-state index in [0.717, 1.165) is 0 Å². The molecule has 16 atom stereocenters. The quantitative estimate of drug-likeness (QED) is 0.0736. The molecule has 0 spiro atoms. The molecule has 1 amide bonds. The number of rotatable bonds is 14. The molecule has 2 saturated heterocycles. The molecule has 4 fully saturated rings. The molecule has 2 saturated carbocycles. The minimum absolute atomic E-state index is 0.0295. The van der Waals surface area contributed by atoms with Crippen LogP contribution in [0, 0.1) is 0 Å². The molecule has 21 heteroatoms. The Kier molecular flexibility index (Phi) is 13.6. The predicted octanol–water partition coefficient (Wildman–Crippen LogP) is -8.08. The maximum absolute atomic E-state index is 13.1. The molecular formula is C30H55N7O14. The smallest absolute Gasteiger partial charge is 0.252 e. The van der Waals surface area contributed by atoms with Crippen LogP contribution >= 0.6 is 0 Å². The fraction of sp³-hybridized carbons (Fsp3) is 0.900. The predicted molar refractivity (Wildman–Crippen MR) is 172 cm³/mol. The molecule has 3 aliphatic heterocycles. The number of aliphatic hydroxyl groups excluding tert-OH is 6. The second-order valence-electron chi connectivity index (χ2n) is 14.0. The molecule has 0 aromatic rings. The lowest BCUT2D eigenvalue weighted by atomic mass is 9.75. The van der Waals surface area contributed by atoms with Crippen LogP contribution < -0.4 is 39.3 Å². The van der Waals surface area contributed by atoms with E-state index in [1.54, 1.807) is 6.08 Å². The standard InChI is InChI=1S/C30H55N7O14/c31-8-16-20(41)21(42)18(35)27(47-16)50-24-17(10-39)48-28(22(24)43)51-25-19(40)15(37-29(44)30(45)6-11(32)7-30)5-14(34)23(25)49-26-13(33)2-1-12(46-26)9-36-3-4-38/h1,11,13-28,36,38-43,45H,2-10,31-35H2,(H,37,44)/t11?,13-,14+,15-,16+,17-,18-,19+,20-,21-,22-,23-,24-,25-,26-,27-,28+,30?/m1/s1. The highest BCUT2D eigenvalue weighted by molar-refractivity contribution is 5.86. The van der Waals surface area contributed by atoms with E-state index in [-0.39, 0.29) is 45.0 Å². The maximum atomic E-state index is 13.1. The molecular weight excluding hydrogens is 682 g/mol. The van der Waals surface area contributed by atoms with Gasteiger partial charge in [0, 0.05) is 38.0 Å². The summed E-state index contributed by atoms with van der Waals surface area (Å²) in [7, 11) is 0. The third-order valence-electron chi connectivity index (χ3n) is 10.1. The van der Waals surface area contributed by atoms with Crippen molar-refractivity contribution in [3.8, 4) is 0 Å². The van der Waals surface area contributed by atoms with Crippen LogP contribution in [-0.2, 0) is 33.2 Å². The fourth-order valence-electron chi connectivity index (χ4n) is 7.07. The minimum atomic E-state index is -1.72. The number of ether oxygens (including phenoxy) is 6. The molecule has 0 radical (unpaired) electrons. The Morgan fingerprint density at radius 2 is 1.53 bits per heavy atom. The topological polar surface area (TPSA) is 368 Å². The third kappa shape index (κ3) is 8.82. The Labute approximate surface area is 294 Å². The van der Waals surface area contributed by atoms with Crippen molar-refractivity contribution in [2.75, 3.05) is 32.8 Å². The minimum Gasteiger partial charge on any atom is -0.467 e. The Balaban J connectivity index is 1.34. The lowest BCUT2D eigenvalue weighted by molar-refractivity contribution is -0.282. The van der Waals surface area contributed by atoms with Crippen LogP contribution in [0.15, 0.2) is 11.8 Å². The van der Waals surface area contributed by atoms with E-state index in [2.05, 4.69) is 10.6 Å². The van der Waals surface area contributed by atoms with Gasteiger partial charge < -0.3 is 103 Å². The van der Waals surface area contributed by atoms with Gasteiger partial charge in [0.1, 0.15) is 66.3 Å². The van der Waals surface area contributed by atoms with Crippen molar-refractivity contribution in [2.45, 2.75) is 135 Å². The van der Waals surface area contributed by atoms with Gasteiger partial charge in [-0.1, -0.05) is 0 Å². The molecule has 51 heavy (non-hydrogen) atoms. The van der Waals surface area contributed by atoms with Crippen LogP contribution in [-0.4, -0.2) is 184 Å². The number of carbonyl (C=O) groups is 1. The molecule has 5 rings (SSSR count). The summed E-state index contributed by atoms with van der Waals surface area (Å²) < 4.78 is 35.8. The van der Waals surface area contributed by atoms with Crippen molar-refractivity contribution in [3.05, 3.63) is 11.8 Å². The van der Waals surface area contributed by atoms with E-state index < -0.39 is 116 Å². The molecule has 19 N–H and O–H groups in total. The van der Waals surface area contributed by atoms with Gasteiger partial charge in [0.25, 0.3) is 5.91 Å². The first kappa shape index (κ1) is 40.5. The van der Waals surface area contributed by atoms with Crippen LogP contribution in [0.4, 0.5) is 0 Å². The van der Waals surface area contributed by atoms with E-state index in [0.29, 0.717) is 18.7 Å². The fourth-order valence-corrected chi connectivity index (χ4v) is 7.07. The largest absolute Gasteiger partial charge is 0.467 e. The second kappa shape index (κ2) is 17.2. The Hall–Kier alpha value is -1.71. The molecule has 5 aliphatic rings. The van der Waals surface area contributed by atoms with Crippen LogP contribution in [0.1, 0.15) is 25.7 Å². The first-order valence-corrected chi connectivity index (χ1v) is 17.2. The molecule has 0 aromatic carbocycles. The molecule has 3 heterocycles. The number of nitrogens with one attached hydrogen (secondary N) is 2. The summed E-state index contributed by atoms with van der Waals surface area (Å²) >= 11 is 0. The summed E-state index contributed by atoms with van der Waals surface area (Å²) in [6, 6.07) is -4.29. The molecule has 0 aromatic heterocycles. The normalized spacial score (nSPS) is 47.3. The van der Waals surface area contributed by atoms with E-state index in [1.165, 1.54) is 0 Å². The lowest BCUT2D eigenvalue weighted by Gasteiger charge is -2.47. The second-order valence-corrected chi connectivity index (χ2v) is 14.0. The summed E-state index contributed by atoms with van der Waals surface area (Å²) in [5.74, 6) is -0.258. The van der Waals surface area contributed by atoms with Crippen molar-refractivity contribution in [1.82, 2.24) is 10.6 Å². The van der Waals surface area contributed by atoms with Gasteiger partial charge in [-0.2, -0.15) is 0 Å². The van der Waals surface area contributed by atoms with Crippen molar-refractivity contribution in [1.29, 1.82) is 0 Å². The van der Waals surface area contributed by atoms with Crippen molar-refractivity contribution in [3.63, 3.8) is 0 Å². The van der Waals surface area contributed by atoms with Gasteiger partial charge in [0.05, 0.1) is 37.9 Å². The number of aliphatic hydroxyl groups is 7. The molecule has 0 bridgehead atoms. The lowest BCUT2D eigenvalue weighted by Crippen LogP contribution is -2.69. The number of nitrogens with two attached hydrogens (primary N) is 5. The number of hydrogen-bond donors (Lipinski definition) is 14. The monoisotopic (exact) mass is 737 g/mol. The van der Waals surface area contributed by atoms with Crippen molar-refractivity contribution in [2.24, 2.45) is 28.7 Å². The molecule has 21 nitrogen and oxygen atoms in total. The zero-order valence-corrected chi connectivity index (χ0v) is 28.1. The van der Waals surface area contributed by atoms with E-state index in [1.807, 2.05) is 0 Å². The van der Waals surface area contributed by atoms with Crippen molar-refractivity contribution >= 4 is 5.91 Å². The van der Waals surface area contributed by atoms with Crippen LogP contribution in [0.2, 0.25) is 0 Å². The van der Waals surface area contributed by atoms with Crippen molar-refractivity contribution < 1.29 is 69.0 Å². The summed E-state index contributed by atoms with van der Waals surface area (Å²) in [5, 5.41) is 79.3. The highest BCUT2D eigenvalue weighted by Crippen LogP contribution is 2.36. The first-order valence-electron chi connectivity index (χ1n) is 17.2. The average molecular weight is 738 g/mol. The molecule has 2 aliphatic carbocycles. The first-order chi connectivity index (χ1) is 24.2. The zero-order chi connectivity index (χ0) is 37.2. The van der Waals surface area contributed by atoms with Gasteiger partial charge in [-0.3, -0.25) is 4.79 Å². The highest BCUT2D eigenvalue weighted by atomic mass is 16.8. The van der Waals surface area contributed by atoms with Gasteiger partial charge in [-0.15, -0.1) is 0 Å². The van der Waals surface area contributed by atoms with Crippen LogP contribution in [0.25, 0.3) is 0 Å². The number of carbonyl (C=O) groups excluding carboxylic acids is 1. The Morgan fingerprint density at radius 1 is 0.863 bits per heavy atom. The highest BCUT2D eigenvalue weighted by Gasteiger charge is 2.55. The molecule has 294 valence electrons. The van der Waals surface area contributed by atoms with Crippen LogP contribution in [0.5, 0.6) is 0 Å². The number of amides is 1. The van der Waals surface area contributed by atoms with Gasteiger partial charge in [0.15, 0.2) is 12.6 Å².